The van der Waals surface area contributed by atoms with E-state index in [-0.39, 0.29) is 16.9 Å². The van der Waals surface area contributed by atoms with E-state index in [1.807, 2.05) is 0 Å². The van der Waals surface area contributed by atoms with Crippen LogP contribution in [-0.2, 0) is 14.3 Å². The zero-order valence-electron chi connectivity index (χ0n) is 19.6. The molecule has 184 valence electrons. The van der Waals surface area contributed by atoms with Gasteiger partial charge in [-0.1, -0.05) is 0 Å². The van der Waals surface area contributed by atoms with Crippen molar-refractivity contribution < 1.29 is 38.2 Å². The van der Waals surface area contributed by atoms with Crippen LogP contribution in [0.3, 0.4) is 0 Å². The lowest BCUT2D eigenvalue weighted by Crippen LogP contribution is -2.17. The Bertz CT molecular complexity index is 1220. The zero-order chi connectivity index (χ0) is 26.2. The fourth-order valence-corrected chi connectivity index (χ4v) is 3.11. The van der Waals surface area contributed by atoms with Crippen LogP contribution in [0.5, 0.6) is 5.75 Å². The number of ether oxygens (including phenoxy) is 3. The first-order valence-corrected chi connectivity index (χ1v) is 10.5. The van der Waals surface area contributed by atoms with Crippen molar-refractivity contribution in [3.05, 3.63) is 89.0 Å². The molecule has 0 radical (unpaired) electrons. The maximum atomic E-state index is 12.9. The van der Waals surface area contributed by atoms with Crippen LogP contribution in [0.25, 0.3) is 0 Å². The molecule has 36 heavy (non-hydrogen) atoms. The Morgan fingerprint density at radius 3 is 1.31 bits per heavy atom. The maximum Gasteiger partial charge on any atom is 0.337 e. The second kappa shape index (κ2) is 11.4. The Morgan fingerprint density at radius 2 is 0.972 bits per heavy atom. The summed E-state index contributed by atoms with van der Waals surface area (Å²) in [6, 6.07) is 16.0. The molecule has 0 atom stereocenters. The number of anilines is 2. The van der Waals surface area contributed by atoms with Crippen LogP contribution >= 0.6 is 0 Å². The molecule has 3 aromatic carbocycles. The molecule has 3 rings (SSSR count). The second-order valence-electron chi connectivity index (χ2n) is 7.39. The van der Waals surface area contributed by atoms with Gasteiger partial charge in [0.25, 0.3) is 11.8 Å². The summed E-state index contributed by atoms with van der Waals surface area (Å²) >= 11 is 0. The Labute approximate surface area is 206 Å². The third kappa shape index (κ3) is 6.54. The van der Waals surface area contributed by atoms with Crippen molar-refractivity contribution in [1.82, 2.24) is 0 Å². The van der Waals surface area contributed by atoms with Crippen molar-refractivity contribution in [1.29, 1.82) is 0 Å². The molecular weight excluding hydrogens is 468 g/mol. The molecular formula is C26H22N2O8. The van der Waals surface area contributed by atoms with Crippen LogP contribution in [0.15, 0.2) is 66.7 Å². The summed E-state index contributed by atoms with van der Waals surface area (Å²) in [5.41, 5.74) is 1.51. The monoisotopic (exact) mass is 490 g/mol. The number of esters is 3. The Kier molecular flexibility index (Phi) is 8.14. The lowest BCUT2D eigenvalue weighted by molar-refractivity contribution is -0.131. The SMILES string of the molecule is COC(=O)c1ccc(NC(=O)c2cc(OC(C)=O)cc(C(=O)Nc3ccc(C(=O)OC)cc3)c2)cc1. The average molecular weight is 490 g/mol. The van der Waals surface area contributed by atoms with E-state index in [4.69, 9.17) is 4.74 Å². The van der Waals surface area contributed by atoms with E-state index in [9.17, 15) is 24.0 Å². The smallest absolute Gasteiger partial charge is 0.337 e. The van der Waals surface area contributed by atoms with Crippen molar-refractivity contribution in [3.8, 4) is 5.75 Å². The lowest BCUT2D eigenvalue weighted by Gasteiger charge is -2.11. The minimum Gasteiger partial charge on any atom is -0.465 e. The van der Waals surface area contributed by atoms with Crippen LogP contribution < -0.4 is 15.4 Å². The van der Waals surface area contributed by atoms with Crippen molar-refractivity contribution in [2.75, 3.05) is 24.9 Å². The number of rotatable bonds is 7. The molecule has 0 aromatic heterocycles. The molecule has 0 aliphatic heterocycles. The van der Waals surface area contributed by atoms with Gasteiger partial charge in [-0.2, -0.15) is 0 Å². The van der Waals surface area contributed by atoms with Gasteiger partial charge in [-0.05, 0) is 66.7 Å². The molecule has 0 unspecified atom stereocenters. The molecule has 2 amide bonds. The summed E-state index contributed by atoms with van der Waals surface area (Å²) < 4.78 is 14.4. The number of benzene rings is 3. The van der Waals surface area contributed by atoms with Gasteiger partial charge in [0, 0.05) is 29.4 Å². The minimum atomic E-state index is -0.629. The van der Waals surface area contributed by atoms with Crippen molar-refractivity contribution >= 4 is 41.1 Å². The molecule has 0 saturated carbocycles. The first-order valence-electron chi connectivity index (χ1n) is 10.5. The van der Waals surface area contributed by atoms with E-state index in [2.05, 4.69) is 20.1 Å². The first kappa shape index (κ1) is 25.6. The molecule has 0 bridgehead atoms. The molecule has 2 N–H and O–H groups in total. The fraction of sp³-hybridized carbons (Fsp3) is 0.115. The number of hydrogen-bond donors (Lipinski definition) is 2. The number of methoxy groups -OCH3 is 2. The molecule has 3 aromatic rings. The summed E-state index contributed by atoms with van der Waals surface area (Å²) in [5.74, 6) is -2.81. The Morgan fingerprint density at radius 1 is 0.583 bits per heavy atom. The van der Waals surface area contributed by atoms with E-state index in [1.54, 1.807) is 0 Å². The lowest BCUT2D eigenvalue weighted by atomic mass is 10.1. The Balaban J connectivity index is 1.82. The normalized spacial score (nSPS) is 10.1. The molecule has 0 heterocycles. The number of nitrogens with one attached hydrogen (secondary N) is 2. The summed E-state index contributed by atoms with van der Waals surface area (Å²) in [4.78, 5) is 60.4. The van der Waals surface area contributed by atoms with Gasteiger partial charge in [0.15, 0.2) is 0 Å². The van der Waals surface area contributed by atoms with Crippen LogP contribution in [-0.4, -0.2) is 43.9 Å². The van der Waals surface area contributed by atoms with Crippen LogP contribution in [0, 0.1) is 0 Å². The van der Waals surface area contributed by atoms with Gasteiger partial charge in [0.2, 0.25) is 0 Å². The van der Waals surface area contributed by atoms with Gasteiger partial charge in [-0.3, -0.25) is 14.4 Å². The highest BCUT2D eigenvalue weighted by atomic mass is 16.5. The molecule has 0 spiro atoms. The quantitative estimate of drug-likeness (QED) is 0.378. The highest BCUT2D eigenvalue weighted by molar-refractivity contribution is 6.09. The third-order valence-electron chi connectivity index (χ3n) is 4.82. The van der Waals surface area contributed by atoms with E-state index >= 15 is 0 Å². The number of amides is 2. The standard InChI is InChI=1S/C26H22N2O8/c1-15(29)36-22-13-18(23(30)27-20-8-4-16(5-9-20)25(32)34-2)12-19(14-22)24(31)28-21-10-6-17(7-11-21)26(33)35-3/h4-14H,1-3H3,(H,27,30)(H,28,31). The van der Waals surface area contributed by atoms with Gasteiger partial charge < -0.3 is 24.8 Å². The van der Waals surface area contributed by atoms with Crippen LogP contribution in [0.4, 0.5) is 11.4 Å². The van der Waals surface area contributed by atoms with Crippen molar-refractivity contribution in [3.63, 3.8) is 0 Å². The number of carbonyl (C=O) groups excluding carboxylic acids is 5. The van der Waals surface area contributed by atoms with Gasteiger partial charge in [-0.25, -0.2) is 9.59 Å². The first-order chi connectivity index (χ1) is 17.2. The van der Waals surface area contributed by atoms with Crippen LogP contribution in [0.2, 0.25) is 0 Å². The van der Waals surface area contributed by atoms with E-state index in [0.29, 0.717) is 22.5 Å². The molecule has 0 aliphatic rings. The Hall–Kier alpha value is -4.99. The summed E-state index contributed by atoms with van der Waals surface area (Å²) in [6.45, 7) is 1.19. The predicted molar refractivity (Wildman–Crippen MR) is 129 cm³/mol. The predicted octanol–water partition coefficient (Wildman–Crippen LogP) is 3.69. The third-order valence-corrected chi connectivity index (χ3v) is 4.82. The maximum absolute atomic E-state index is 12.9. The van der Waals surface area contributed by atoms with Gasteiger partial charge in [-0.15, -0.1) is 0 Å². The molecule has 0 aliphatic carbocycles. The molecule has 0 fully saturated rings. The van der Waals surface area contributed by atoms with Crippen LogP contribution in [0.1, 0.15) is 48.4 Å². The summed E-state index contributed by atoms with van der Waals surface area (Å²) in [5, 5.41) is 5.31. The summed E-state index contributed by atoms with van der Waals surface area (Å²) in [7, 11) is 2.53. The molecule has 10 nitrogen and oxygen atoms in total. The average Bonchev–Trinajstić information content (AvgIpc) is 2.88. The highest BCUT2D eigenvalue weighted by Gasteiger charge is 2.16. The zero-order valence-corrected chi connectivity index (χ0v) is 19.6. The van der Waals surface area contributed by atoms with E-state index < -0.39 is 29.7 Å². The fourth-order valence-electron chi connectivity index (χ4n) is 3.11. The van der Waals surface area contributed by atoms with Gasteiger partial charge in [0.1, 0.15) is 5.75 Å². The number of carbonyl (C=O) groups is 5. The van der Waals surface area contributed by atoms with Crippen molar-refractivity contribution in [2.45, 2.75) is 6.92 Å². The largest absolute Gasteiger partial charge is 0.465 e. The molecule has 0 saturated heterocycles. The second-order valence-corrected chi connectivity index (χ2v) is 7.39. The molecule has 10 heteroatoms. The van der Waals surface area contributed by atoms with E-state index in [1.165, 1.54) is 87.9 Å². The topological polar surface area (TPSA) is 137 Å². The van der Waals surface area contributed by atoms with Gasteiger partial charge in [0.05, 0.1) is 25.3 Å². The highest BCUT2D eigenvalue weighted by Crippen LogP contribution is 2.21. The van der Waals surface area contributed by atoms with Crippen molar-refractivity contribution in [2.24, 2.45) is 0 Å². The van der Waals surface area contributed by atoms with Gasteiger partial charge >= 0.3 is 17.9 Å². The summed E-state index contributed by atoms with van der Waals surface area (Å²) in [6.07, 6.45) is 0. The number of hydrogen-bond acceptors (Lipinski definition) is 8. The minimum absolute atomic E-state index is 0.00220. The van der Waals surface area contributed by atoms with E-state index in [0.717, 1.165) is 0 Å².